The highest BCUT2D eigenvalue weighted by atomic mass is 19.1. The molecule has 0 bridgehead atoms. The molecule has 1 aliphatic carbocycles. The first-order valence-corrected chi connectivity index (χ1v) is 6.12. The van der Waals surface area contributed by atoms with Gasteiger partial charge in [-0.3, -0.25) is 4.79 Å². The summed E-state index contributed by atoms with van der Waals surface area (Å²) in [6.45, 7) is 0.511. The molecule has 0 saturated heterocycles. The summed E-state index contributed by atoms with van der Waals surface area (Å²) in [6.07, 6.45) is 5.43. The summed E-state index contributed by atoms with van der Waals surface area (Å²) in [4.78, 5) is 11.5. The average Bonchev–Trinajstić information content (AvgIpc) is 3.19. The van der Waals surface area contributed by atoms with E-state index >= 15 is 0 Å². The maximum Gasteiger partial charge on any atom is 0.244 e. The van der Waals surface area contributed by atoms with E-state index in [0.29, 0.717) is 12.5 Å². The minimum absolute atomic E-state index is 0.0631. The molecule has 0 radical (unpaired) electrons. The Morgan fingerprint density at radius 3 is 2.72 bits per heavy atom. The predicted molar refractivity (Wildman–Crippen MR) is 69.1 cm³/mol. The van der Waals surface area contributed by atoms with Crippen molar-refractivity contribution in [1.82, 2.24) is 5.32 Å². The van der Waals surface area contributed by atoms with Crippen LogP contribution in [0.15, 0.2) is 30.3 Å². The molecule has 1 amide bonds. The van der Waals surface area contributed by atoms with E-state index in [2.05, 4.69) is 5.32 Å². The van der Waals surface area contributed by atoms with Crippen LogP contribution in [0.1, 0.15) is 18.4 Å². The van der Waals surface area contributed by atoms with E-state index in [1.165, 1.54) is 31.1 Å². The van der Waals surface area contributed by atoms with Crippen LogP contribution in [-0.2, 0) is 4.79 Å². The van der Waals surface area contributed by atoms with Gasteiger partial charge in [0.25, 0.3) is 0 Å². The van der Waals surface area contributed by atoms with E-state index in [0.717, 1.165) is 5.56 Å². The van der Waals surface area contributed by atoms with Crippen molar-refractivity contribution >= 4 is 12.0 Å². The van der Waals surface area contributed by atoms with Gasteiger partial charge in [0.1, 0.15) is 5.82 Å². The third kappa shape index (κ3) is 3.96. The van der Waals surface area contributed by atoms with Gasteiger partial charge < -0.3 is 11.1 Å². The summed E-state index contributed by atoms with van der Waals surface area (Å²) in [6, 6.07) is 6.03. The van der Waals surface area contributed by atoms with Crippen LogP contribution in [0.25, 0.3) is 6.08 Å². The van der Waals surface area contributed by atoms with E-state index < -0.39 is 0 Å². The van der Waals surface area contributed by atoms with Crippen LogP contribution in [0, 0.1) is 11.7 Å². The lowest BCUT2D eigenvalue weighted by molar-refractivity contribution is -0.116. The minimum Gasteiger partial charge on any atom is -0.351 e. The second-order valence-electron chi connectivity index (χ2n) is 4.63. The molecule has 2 rings (SSSR count). The maximum absolute atomic E-state index is 12.7. The molecule has 0 spiro atoms. The molecule has 0 heterocycles. The fourth-order valence-corrected chi connectivity index (χ4v) is 1.71. The highest BCUT2D eigenvalue weighted by Crippen LogP contribution is 2.31. The Kier molecular flexibility index (Phi) is 4.10. The number of hydrogen-bond acceptors (Lipinski definition) is 2. The standard InChI is InChI=1S/C14H17FN2O/c15-12-6-1-10(2-7-12)3-8-14(18)17-9-13(16)11-4-5-11/h1-3,6-8,11,13H,4-5,9,16H2,(H,17,18)/b8-3+. The SMILES string of the molecule is NC(CNC(=O)/C=C/c1ccc(F)cc1)C1CC1. The molecule has 1 aromatic carbocycles. The van der Waals surface area contributed by atoms with Gasteiger partial charge in [-0.1, -0.05) is 12.1 Å². The molecule has 0 aliphatic heterocycles. The first-order chi connectivity index (χ1) is 8.65. The largest absolute Gasteiger partial charge is 0.351 e. The van der Waals surface area contributed by atoms with Crippen molar-refractivity contribution in [2.75, 3.05) is 6.54 Å². The highest BCUT2D eigenvalue weighted by molar-refractivity contribution is 5.91. The normalized spacial score (nSPS) is 16.8. The Balaban J connectivity index is 1.77. The summed E-state index contributed by atoms with van der Waals surface area (Å²) in [7, 11) is 0. The monoisotopic (exact) mass is 248 g/mol. The molecule has 1 atom stereocenters. The van der Waals surface area contributed by atoms with Crippen molar-refractivity contribution in [3.63, 3.8) is 0 Å². The van der Waals surface area contributed by atoms with E-state index in [1.807, 2.05) is 0 Å². The van der Waals surface area contributed by atoms with E-state index in [-0.39, 0.29) is 17.8 Å². The van der Waals surface area contributed by atoms with Gasteiger partial charge in [0.2, 0.25) is 5.91 Å². The lowest BCUT2D eigenvalue weighted by Crippen LogP contribution is -2.37. The highest BCUT2D eigenvalue weighted by Gasteiger charge is 2.28. The molecule has 18 heavy (non-hydrogen) atoms. The molecular formula is C14H17FN2O. The third-order valence-electron chi connectivity index (χ3n) is 3.04. The second kappa shape index (κ2) is 5.78. The predicted octanol–water partition coefficient (Wildman–Crippen LogP) is 1.69. The number of benzene rings is 1. The summed E-state index contributed by atoms with van der Waals surface area (Å²) in [5, 5.41) is 2.76. The number of rotatable bonds is 5. The van der Waals surface area contributed by atoms with Gasteiger partial charge in [-0.05, 0) is 42.5 Å². The van der Waals surface area contributed by atoms with Crippen LogP contribution in [0.4, 0.5) is 4.39 Å². The number of nitrogens with two attached hydrogens (primary N) is 1. The Morgan fingerprint density at radius 1 is 1.44 bits per heavy atom. The van der Waals surface area contributed by atoms with E-state index in [9.17, 15) is 9.18 Å². The minimum atomic E-state index is -0.285. The van der Waals surface area contributed by atoms with Crippen LogP contribution in [0.3, 0.4) is 0 Å². The van der Waals surface area contributed by atoms with E-state index in [1.54, 1.807) is 18.2 Å². The van der Waals surface area contributed by atoms with Crippen molar-refractivity contribution in [3.05, 3.63) is 41.7 Å². The number of amides is 1. The van der Waals surface area contributed by atoms with Crippen LogP contribution < -0.4 is 11.1 Å². The van der Waals surface area contributed by atoms with Gasteiger partial charge in [-0.2, -0.15) is 0 Å². The summed E-state index contributed by atoms with van der Waals surface area (Å²) in [5.74, 6) is 0.119. The summed E-state index contributed by atoms with van der Waals surface area (Å²) in [5.41, 5.74) is 6.66. The Bertz CT molecular complexity index is 438. The van der Waals surface area contributed by atoms with Gasteiger partial charge in [0.15, 0.2) is 0 Å². The smallest absolute Gasteiger partial charge is 0.244 e. The zero-order valence-corrected chi connectivity index (χ0v) is 10.1. The van der Waals surface area contributed by atoms with Crippen LogP contribution in [-0.4, -0.2) is 18.5 Å². The van der Waals surface area contributed by atoms with Crippen molar-refractivity contribution in [1.29, 1.82) is 0 Å². The number of carbonyl (C=O) groups excluding carboxylic acids is 1. The van der Waals surface area contributed by atoms with Crippen LogP contribution in [0.5, 0.6) is 0 Å². The fourth-order valence-electron chi connectivity index (χ4n) is 1.71. The Hall–Kier alpha value is -1.68. The van der Waals surface area contributed by atoms with Crippen LogP contribution >= 0.6 is 0 Å². The molecular weight excluding hydrogens is 231 g/mol. The summed E-state index contributed by atoms with van der Waals surface area (Å²) >= 11 is 0. The van der Waals surface area contributed by atoms with Gasteiger partial charge in [-0.15, -0.1) is 0 Å². The number of nitrogens with one attached hydrogen (secondary N) is 1. The van der Waals surface area contributed by atoms with Crippen molar-refractivity contribution < 1.29 is 9.18 Å². The molecule has 1 aliphatic rings. The topological polar surface area (TPSA) is 55.1 Å². The second-order valence-corrected chi connectivity index (χ2v) is 4.63. The Morgan fingerprint density at radius 2 is 2.11 bits per heavy atom. The number of carbonyl (C=O) groups is 1. The van der Waals surface area contributed by atoms with Gasteiger partial charge in [0, 0.05) is 18.7 Å². The van der Waals surface area contributed by atoms with Gasteiger partial charge in [-0.25, -0.2) is 4.39 Å². The molecule has 1 saturated carbocycles. The molecule has 3 nitrogen and oxygen atoms in total. The molecule has 4 heteroatoms. The zero-order valence-electron chi connectivity index (χ0n) is 10.1. The molecule has 96 valence electrons. The first-order valence-electron chi connectivity index (χ1n) is 6.12. The number of hydrogen-bond donors (Lipinski definition) is 2. The van der Waals surface area contributed by atoms with Crippen molar-refractivity contribution in [3.8, 4) is 0 Å². The Labute approximate surface area is 106 Å². The van der Waals surface area contributed by atoms with Gasteiger partial charge in [0.05, 0.1) is 0 Å². The number of halogens is 1. The quantitative estimate of drug-likeness (QED) is 0.779. The molecule has 1 aromatic rings. The maximum atomic E-state index is 12.7. The zero-order chi connectivity index (χ0) is 13.0. The fraction of sp³-hybridized carbons (Fsp3) is 0.357. The summed E-state index contributed by atoms with van der Waals surface area (Å²) < 4.78 is 12.7. The lowest BCUT2D eigenvalue weighted by atomic mass is 10.2. The molecule has 3 N–H and O–H groups in total. The van der Waals surface area contributed by atoms with Crippen molar-refractivity contribution in [2.24, 2.45) is 11.7 Å². The molecule has 0 aromatic heterocycles. The molecule has 1 fully saturated rings. The van der Waals surface area contributed by atoms with E-state index in [4.69, 9.17) is 5.73 Å². The average molecular weight is 248 g/mol. The first kappa shape index (κ1) is 12.8. The lowest BCUT2D eigenvalue weighted by Gasteiger charge is -2.09. The third-order valence-corrected chi connectivity index (χ3v) is 3.04. The molecule has 1 unspecified atom stereocenters. The van der Waals surface area contributed by atoms with Crippen LogP contribution in [0.2, 0.25) is 0 Å². The van der Waals surface area contributed by atoms with Crippen molar-refractivity contribution in [2.45, 2.75) is 18.9 Å². The van der Waals surface area contributed by atoms with Gasteiger partial charge >= 0.3 is 0 Å².